The summed E-state index contributed by atoms with van der Waals surface area (Å²) in [6.45, 7) is 8.34. The first-order chi connectivity index (χ1) is 11.4. The van der Waals surface area contributed by atoms with E-state index in [0.717, 1.165) is 29.2 Å². The predicted molar refractivity (Wildman–Crippen MR) is 95.1 cm³/mol. The van der Waals surface area contributed by atoms with E-state index in [4.69, 9.17) is 0 Å². The maximum absolute atomic E-state index is 12.2. The van der Waals surface area contributed by atoms with Crippen LogP contribution in [0.15, 0.2) is 30.3 Å². The van der Waals surface area contributed by atoms with Gasteiger partial charge in [0.15, 0.2) is 0 Å². The predicted octanol–water partition coefficient (Wildman–Crippen LogP) is 2.63. The summed E-state index contributed by atoms with van der Waals surface area (Å²) in [7, 11) is 0. The highest BCUT2D eigenvalue weighted by Gasteiger charge is 2.19. The van der Waals surface area contributed by atoms with E-state index in [1.54, 1.807) is 6.92 Å². The minimum absolute atomic E-state index is 0.337. The van der Waals surface area contributed by atoms with Crippen LogP contribution >= 0.6 is 0 Å². The minimum Gasteiger partial charge on any atom is -0.391 e. The van der Waals surface area contributed by atoms with Crippen molar-refractivity contribution in [2.75, 3.05) is 5.32 Å². The highest BCUT2D eigenvalue weighted by Crippen LogP contribution is 2.19. The molecule has 0 aliphatic carbocycles. The number of aryl methyl sites for hydroxylation is 2. The monoisotopic (exact) mass is 330 g/mol. The average molecular weight is 330 g/mol. The molecule has 3 N–H and O–H groups in total. The van der Waals surface area contributed by atoms with Gasteiger partial charge >= 0.3 is 6.03 Å². The molecule has 2 unspecified atom stereocenters. The van der Waals surface area contributed by atoms with E-state index >= 15 is 0 Å². The van der Waals surface area contributed by atoms with Gasteiger partial charge in [-0.2, -0.15) is 5.10 Å². The number of carbonyl (C=O) groups excluding carboxylic acids is 1. The summed E-state index contributed by atoms with van der Waals surface area (Å²) in [6.07, 6.45) is -0.160. The summed E-state index contributed by atoms with van der Waals surface area (Å²) in [6, 6.07) is 9.02. The first kappa shape index (κ1) is 18.0. The van der Waals surface area contributed by atoms with Crippen LogP contribution < -0.4 is 10.6 Å². The van der Waals surface area contributed by atoms with E-state index in [1.807, 2.05) is 55.8 Å². The number of amides is 2. The molecule has 0 aliphatic rings. The quantitative estimate of drug-likeness (QED) is 0.762. The molecule has 2 aromatic rings. The fourth-order valence-electron chi connectivity index (χ4n) is 2.67. The van der Waals surface area contributed by atoms with Gasteiger partial charge in [0.2, 0.25) is 0 Å². The number of aliphatic hydroxyl groups is 1. The second-order valence-electron chi connectivity index (χ2n) is 6.01. The minimum atomic E-state index is -0.654. The second kappa shape index (κ2) is 7.97. The molecule has 0 fully saturated rings. The molecule has 2 amide bonds. The summed E-state index contributed by atoms with van der Waals surface area (Å²) < 4.78 is 1.85. The van der Waals surface area contributed by atoms with Crippen LogP contribution in [-0.2, 0) is 13.0 Å². The largest absolute Gasteiger partial charge is 0.391 e. The molecule has 130 valence electrons. The van der Waals surface area contributed by atoms with Gasteiger partial charge in [0.05, 0.1) is 29.2 Å². The number of aromatic nitrogens is 2. The van der Waals surface area contributed by atoms with Gasteiger partial charge < -0.3 is 15.7 Å². The number of benzene rings is 1. The molecular weight excluding hydrogens is 304 g/mol. The normalized spacial score (nSPS) is 13.4. The van der Waals surface area contributed by atoms with Crippen molar-refractivity contribution in [2.24, 2.45) is 0 Å². The van der Waals surface area contributed by atoms with Crippen LogP contribution in [-0.4, -0.2) is 33.1 Å². The lowest BCUT2D eigenvalue weighted by Crippen LogP contribution is -2.44. The van der Waals surface area contributed by atoms with Gasteiger partial charge in [0, 0.05) is 13.0 Å². The zero-order valence-electron chi connectivity index (χ0n) is 14.7. The molecule has 0 aliphatic heterocycles. The van der Waals surface area contributed by atoms with Crippen LogP contribution in [0.1, 0.15) is 30.8 Å². The van der Waals surface area contributed by atoms with Crippen molar-refractivity contribution in [2.45, 2.75) is 52.8 Å². The Morgan fingerprint density at radius 1 is 1.29 bits per heavy atom. The average Bonchev–Trinajstić information content (AvgIpc) is 2.83. The highest BCUT2D eigenvalue weighted by molar-refractivity contribution is 5.90. The highest BCUT2D eigenvalue weighted by atomic mass is 16.3. The topological polar surface area (TPSA) is 79.2 Å². The number of carbonyl (C=O) groups is 1. The van der Waals surface area contributed by atoms with Crippen LogP contribution in [0.5, 0.6) is 0 Å². The van der Waals surface area contributed by atoms with E-state index in [0.29, 0.717) is 6.42 Å². The van der Waals surface area contributed by atoms with Gasteiger partial charge in [0.25, 0.3) is 0 Å². The van der Waals surface area contributed by atoms with Crippen molar-refractivity contribution in [1.29, 1.82) is 0 Å². The molecule has 0 bridgehead atoms. The van der Waals surface area contributed by atoms with E-state index < -0.39 is 6.10 Å². The summed E-state index contributed by atoms with van der Waals surface area (Å²) in [5, 5.41) is 20.3. The first-order valence-electron chi connectivity index (χ1n) is 8.25. The molecule has 0 radical (unpaired) electrons. The molecule has 1 heterocycles. The Labute approximate surface area is 142 Å². The van der Waals surface area contributed by atoms with Crippen molar-refractivity contribution >= 4 is 11.7 Å². The zero-order valence-corrected chi connectivity index (χ0v) is 14.7. The Bertz CT molecular complexity index is 682. The lowest BCUT2D eigenvalue weighted by molar-refractivity contribution is 0.137. The Morgan fingerprint density at radius 2 is 1.96 bits per heavy atom. The Kier molecular flexibility index (Phi) is 5.98. The third kappa shape index (κ3) is 4.35. The molecule has 0 saturated carbocycles. The lowest BCUT2D eigenvalue weighted by Gasteiger charge is -2.20. The second-order valence-corrected chi connectivity index (χ2v) is 6.01. The molecule has 2 rings (SSSR count). The summed E-state index contributed by atoms with van der Waals surface area (Å²) >= 11 is 0. The number of nitrogens with one attached hydrogen (secondary N) is 2. The SMILES string of the molecule is CCn1nc(C)c(NC(=O)NC(C)C(O)Cc2ccccc2)c1C. The van der Waals surface area contributed by atoms with Crippen molar-refractivity contribution < 1.29 is 9.90 Å². The Balaban J connectivity index is 1.93. The van der Waals surface area contributed by atoms with E-state index in [1.165, 1.54) is 0 Å². The van der Waals surface area contributed by atoms with Crippen LogP contribution in [0.25, 0.3) is 0 Å². The van der Waals surface area contributed by atoms with Crippen LogP contribution in [0.4, 0.5) is 10.5 Å². The first-order valence-corrected chi connectivity index (χ1v) is 8.25. The maximum atomic E-state index is 12.2. The van der Waals surface area contributed by atoms with E-state index in [2.05, 4.69) is 15.7 Å². The number of nitrogens with zero attached hydrogens (tertiary/aromatic N) is 2. The zero-order chi connectivity index (χ0) is 17.7. The molecule has 0 spiro atoms. The van der Waals surface area contributed by atoms with Crippen molar-refractivity contribution in [1.82, 2.24) is 15.1 Å². The fraction of sp³-hybridized carbons (Fsp3) is 0.444. The van der Waals surface area contributed by atoms with Gasteiger partial charge in [-0.15, -0.1) is 0 Å². The van der Waals surface area contributed by atoms with Crippen molar-refractivity contribution in [3.05, 3.63) is 47.3 Å². The van der Waals surface area contributed by atoms with Crippen molar-refractivity contribution in [3.63, 3.8) is 0 Å². The van der Waals surface area contributed by atoms with Gasteiger partial charge in [-0.1, -0.05) is 30.3 Å². The number of urea groups is 1. The maximum Gasteiger partial charge on any atom is 0.319 e. The van der Waals surface area contributed by atoms with Crippen LogP contribution in [0.3, 0.4) is 0 Å². The van der Waals surface area contributed by atoms with Gasteiger partial charge in [-0.3, -0.25) is 4.68 Å². The van der Waals surface area contributed by atoms with Crippen LogP contribution in [0, 0.1) is 13.8 Å². The van der Waals surface area contributed by atoms with Gasteiger partial charge in [-0.25, -0.2) is 4.79 Å². The van der Waals surface area contributed by atoms with Crippen molar-refractivity contribution in [3.8, 4) is 0 Å². The number of hydrogen-bond acceptors (Lipinski definition) is 3. The molecule has 6 heteroatoms. The van der Waals surface area contributed by atoms with Gasteiger partial charge in [0.1, 0.15) is 0 Å². The Morgan fingerprint density at radius 3 is 2.54 bits per heavy atom. The molecule has 1 aromatic carbocycles. The molecule has 1 aromatic heterocycles. The third-order valence-electron chi connectivity index (χ3n) is 4.14. The molecule has 0 saturated heterocycles. The molecule has 2 atom stereocenters. The van der Waals surface area contributed by atoms with E-state index in [9.17, 15) is 9.90 Å². The number of hydrogen-bond donors (Lipinski definition) is 3. The lowest BCUT2D eigenvalue weighted by atomic mass is 10.0. The smallest absolute Gasteiger partial charge is 0.319 e. The third-order valence-corrected chi connectivity index (χ3v) is 4.14. The molecular formula is C18H26N4O2. The van der Waals surface area contributed by atoms with Crippen LogP contribution in [0.2, 0.25) is 0 Å². The molecule has 6 nitrogen and oxygen atoms in total. The summed E-state index contributed by atoms with van der Waals surface area (Å²) in [4.78, 5) is 12.2. The van der Waals surface area contributed by atoms with Gasteiger partial charge in [-0.05, 0) is 33.3 Å². The standard InChI is InChI=1S/C18H26N4O2/c1-5-22-14(4)17(13(3)21-22)20-18(24)19-12(2)16(23)11-15-9-7-6-8-10-15/h6-10,12,16,23H,5,11H2,1-4H3,(H2,19,20,24). The number of aliphatic hydroxyl groups excluding tert-OH is 1. The molecule has 24 heavy (non-hydrogen) atoms. The summed E-state index contributed by atoms with van der Waals surface area (Å²) in [5.74, 6) is 0. The Hall–Kier alpha value is -2.34. The number of rotatable bonds is 6. The summed E-state index contributed by atoms with van der Waals surface area (Å²) in [5.41, 5.74) is 3.46. The number of anilines is 1. The fourth-order valence-corrected chi connectivity index (χ4v) is 2.67. The van der Waals surface area contributed by atoms with E-state index in [-0.39, 0.29) is 12.1 Å².